The summed E-state index contributed by atoms with van der Waals surface area (Å²) in [5, 5.41) is 13.2. The van der Waals surface area contributed by atoms with Gasteiger partial charge >= 0.3 is 6.03 Å². The van der Waals surface area contributed by atoms with Crippen molar-refractivity contribution in [3.63, 3.8) is 0 Å². The Morgan fingerprint density at radius 3 is 2.45 bits per heavy atom. The maximum Gasteiger partial charge on any atom is 0.330 e. The predicted octanol–water partition coefficient (Wildman–Crippen LogP) is 4.95. The van der Waals surface area contributed by atoms with E-state index < -0.39 is 11.9 Å². The Hall–Kier alpha value is -4.95. The quantitative estimate of drug-likeness (QED) is 0.0800. The normalized spacial score (nSPS) is 13.2. The number of nitrogens with zero attached hydrogens (tertiary/aromatic N) is 7. The van der Waals surface area contributed by atoms with E-state index in [0.29, 0.717) is 39.8 Å². The van der Waals surface area contributed by atoms with Gasteiger partial charge in [-0.2, -0.15) is 4.98 Å². The fraction of sp³-hybridized carbons (Fsp3) is 0.192. The molecule has 0 saturated heterocycles. The molecule has 2 heterocycles. The molecule has 14 nitrogen and oxygen atoms in total. The van der Waals surface area contributed by atoms with E-state index in [1.54, 1.807) is 31.4 Å². The number of aliphatic imine (C=N–C) groups is 1. The number of ether oxygens (including phenoxy) is 2. The zero-order valence-corrected chi connectivity index (χ0v) is 24.5. The lowest BCUT2D eigenvalue weighted by Crippen LogP contribution is -2.46. The van der Waals surface area contributed by atoms with Crippen molar-refractivity contribution in [3.05, 3.63) is 64.3 Å². The van der Waals surface area contributed by atoms with Gasteiger partial charge in [-0.1, -0.05) is 35.0 Å². The third kappa shape index (κ3) is 5.75. The highest BCUT2D eigenvalue weighted by molar-refractivity contribution is 6.42. The van der Waals surface area contributed by atoms with E-state index in [1.807, 2.05) is 0 Å². The van der Waals surface area contributed by atoms with Crippen LogP contribution in [0.2, 0.25) is 10.0 Å². The summed E-state index contributed by atoms with van der Waals surface area (Å²) in [5.41, 5.74) is 2.19. The van der Waals surface area contributed by atoms with Crippen LogP contribution in [0.1, 0.15) is 11.1 Å². The number of urea groups is 1. The molecule has 1 aliphatic heterocycles. The summed E-state index contributed by atoms with van der Waals surface area (Å²) in [6, 6.07) is 6.09. The molecule has 4 rings (SSSR count). The molecule has 0 fully saturated rings. The summed E-state index contributed by atoms with van der Waals surface area (Å²) >= 11 is 13.1. The van der Waals surface area contributed by atoms with Crippen LogP contribution in [-0.4, -0.2) is 56.1 Å². The van der Waals surface area contributed by atoms with Crippen molar-refractivity contribution >= 4 is 69.8 Å². The number of benzene rings is 2. The lowest BCUT2D eigenvalue weighted by molar-refractivity contribution is -0.111. The molecule has 0 atom stereocenters. The van der Waals surface area contributed by atoms with Gasteiger partial charge in [-0.05, 0) is 24.3 Å². The first-order chi connectivity index (χ1) is 20.2. The molecule has 0 spiro atoms. The van der Waals surface area contributed by atoms with Crippen LogP contribution in [0.25, 0.3) is 0 Å². The number of amides is 3. The second-order valence-corrected chi connectivity index (χ2v) is 9.33. The predicted molar refractivity (Wildman–Crippen MR) is 162 cm³/mol. The Balaban J connectivity index is 1.70. The number of fused-ring (bicyclic) bond motifs is 1. The minimum absolute atomic E-state index is 0.0682. The van der Waals surface area contributed by atoms with Gasteiger partial charge in [-0.3, -0.25) is 19.6 Å². The Bertz CT molecular complexity index is 1600. The number of hydrogen-bond donors (Lipinski definition) is 3. The van der Waals surface area contributed by atoms with Gasteiger partial charge in [-0.15, -0.1) is 5.11 Å². The van der Waals surface area contributed by atoms with Crippen LogP contribution < -0.4 is 35.7 Å². The van der Waals surface area contributed by atoms with Crippen molar-refractivity contribution in [2.45, 2.75) is 6.54 Å². The second-order valence-electron chi connectivity index (χ2n) is 8.57. The molecule has 3 aromatic rings. The average molecular weight is 613 g/mol. The first kappa shape index (κ1) is 30.0. The fourth-order valence-electron chi connectivity index (χ4n) is 4.14. The molecule has 16 heteroatoms. The summed E-state index contributed by atoms with van der Waals surface area (Å²) in [5.74, 6) is 6.08. The van der Waals surface area contributed by atoms with Crippen molar-refractivity contribution < 1.29 is 19.1 Å². The number of carbonyl (C=O) groups excluding carboxylic acids is 2. The van der Waals surface area contributed by atoms with Crippen LogP contribution in [0.3, 0.4) is 0 Å². The van der Waals surface area contributed by atoms with Crippen LogP contribution in [-0.2, 0) is 11.3 Å². The highest BCUT2D eigenvalue weighted by Crippen LogP contribution is 2.47. The number of aromatic nitrogens is 2. The van der Waals surface area contributed by atoms with Crippen LogP contribution in [0.15, 0.2) is 58.4 Å². The van der Waals surface area contributed by atoms with Crippen LogP contribution in [0.5, 0.6) is 11.5 Å². The zero-order valence-electron chi connectivity index (χ0n) is 23.0. The smallest absolute Gasteiger partial charge is 0.330 e. The molecular weight excluding hydrogens is 587 g/mol. The number of amidine groups is 1. The number of halogens is 2. The largest absolute Gasteiger partial charge is 0.495 e. The molecule has 0 bridgehead atoms. The Morgan fingerprint density at radius 2 is 1.86 bits per heavy atom. The summed E-state index contributed by atoms with van der Waals surface area (Å²) in [6.07, 6.45) is 2.70. The maximum absolute atomic E-state index is 13.5. The van der Waals surface area contributed by atoms with E-state index in [-0.39, 0.29) is 34.1 Å². The van der Waals surface area contributed by atoms with Gasteiger partial charge < -0.3 is 25.9 Å². The molecule has 42 heavy (non-hydrogen) atoms. The van der Waals surface area contributed by atoms with Gasteiger partial charge in [0.25, 0.3) is 0 Å². The zero-order chi connectivity index (χ0) is 30.6. The van der Waals surface area contributed by atoms with E-state index in [4.69, 9.17) is 38.5 Å². The molecule has 1 aliphatic rings. The number of nitrogens with two attached hydrogens (primary N) is 1. The molecule has 1 aromatic heterocycles. The lowest BCUT2D eigenvalue weighted by Gasteiger charge is -2.35. The monoisotopic (exact) mass is 612 g/mol. The first-order valence-corrected chi connectivity index (χ1v) is 12.9. The Kier molecular flexibility index (Phi) is 9.08. The number of anilines is 5. The lowest BCUT2D eigenvalue weighted by atomic mass is 10.1. The third-order valence-corrected chi connectivity index (χ3v) is 6.89. The van der Waals surface area contributed by atoms with E-state index in [9.17, 15) is 9.59 Å². The minimum Gasteiger partial charge on any atom is -0.495 e. The van der Waals surface area contributed by atoms with Gasteiger partial charge in [-0.25, -0.2) is 9.78 Å². The highest BCUT2D eigenvalue weighted by Gasteiger charge is 2.35. The van der Waals surface area contributed by atoms with Gasteiger partial charge in [0.1, 0.15) is 27.4 Å². The fourth-order valence-corrected chi connectivity index (χ4v) is 4.84. The first-order valence-electron chi connectivity index (χ1n) is 12.1. The molecule has 0 aliphatic carbocycles. The van der Waals surface area contributed by atoms with Crippen molar-refractivity contribution in [3.8, 4) is 11.5 Å². The van der Waals surface area contributed by atoms with Gasteiger partial charge in [0.2, 0.25) is 11.9 Å². The van der Waals surface area contributed by atoms with Crippen LogP contribution in [0.4, 0.5) is 33.6 Å². The van der Waals surface area contributed by atoms with Gasteiger partial charge in [0.05, 0.1) is 37.8 Å². The molecule has 0 radical (unpaired) electrons. The van der Waals surface area contributed by atoms with E-state index in [0.717, 1.165) is 6.08 Å². The summed E-state index contributed by atoms with van der Waals surface area (Å²) in [6.45, 7) is 3.56. The van der Waals surface area contributed by atoms with E-state index >= 15 is 0 Å². The molecular formula is C26H26Cl2N10O4. The summed E-state index contributed by atoms with van der Waals surface area (Å²) in [7, 11) is 5.99. The van der Waals surface area contributed by atoms with E-state index in [2.05, 4.69) is 42.5 Å². The number of carbonyl (C=O) groups is 2. The Morgan fingerprint density at radius 1 is 1.17 bits per heavy atom. The van der Waals surface area contributed by atoms with Gasteiger partial charge in [0, 0.05) is 37.5 Å². The standard InChI is InChI=1S/C26H26Cl2N10O4/c1-6-19(39)32-16-9-13(23(30-2)35-36-29)7-8-15(16)33-25-31-11-14-12-38(26(40)37(3)24(14)34-25)22-20(27)17(41-4)10-18(42-5)21(22)28/h6-11H,1,12H2,2-5H3,(H,32,39)(H2,29,30,35)(H,31,33,34). The molecule has 0 saturated carbocycles. The topological polar surface area (TPSA) is 172 Å². The highest BCUT2D eigenvalue weighted by atomic mass is 35.5. The third-order valence-electron chi connectivity index (χ3n) is 6.16. The number of methoxy groups -OCH3 is 2. The van der Waals surface area contributed by atoms with Crippen molar-refractivity contribution in [2.75, 3.05) is 48.7 Å². The van der Waals surface area contributed by atoms with Crippen LogP contribution >= 0.6 is 23.2 Å². The molecule has 4 N–H and O–H groups in total. The molecule has 218 valence electrons. The van der Waals surface area contributed by atoms with E-state index in [1.165, 1.54) is 37.1 Å². The number of rotatable bonds is 8. The number of hydrogen-bond acceptors (Lipinski definition) is 9. The molecule has 2 aromatic carbocycles. The van der Waals surface area contributed by atoms with Crippen molar-refractivity contribution in [1.29, 1.82) is 0 Å². The minimum atomic E-state index is -0.450. The summed E-state index contributed by atoms with van der Waals surface area (Å²) < 4.78 is 10.7. The summed E-state index contributed by atoms with van der Waals surface area (Å²) in [4.78, 5) is 41.4. The second kappa shape index (κ2) is 12.7. The SMILES string of the molecule is C=CC(=O)Nc1cc(C(N=NN)=NC)ccc1Nc1ncc2c(n1)N(C)C(=O)N(c1c(Cl)c(OC)cc(OC)c1Cl)C2. The van der Waals surface area contributed by atoms with Crippen LogP contribution in [0, 0.1) is 0 Å². The van der Waals surface area contributed by atoms with Gasteiger partial charge in [0.15, 0.2) is 5.84 Å². The Labute approximate surface area is 250 Å². The average Bonchev–Trinajstić information content (AvgIpc) is 2.99. The molecule has 0 unspecified atom stereocenters. The maximum atomic E-state index is 13.5. The van der Waals surface area contributed by atoms with Crippen molar-refractivity contribution in [1.82, 2.24) is 9.97 Å². The van der Waals surface area contributed by atoms with Crippen molar-refractivity contribution in [2.24, 2.45) is 21.2 Å². The molecule has 3 amide bonds. The number of nitrogens with one attached hydrogen (secondary N) is 2.